The highest BCUT2D eigenvalue weighted by Crippen LogP contribution is 2.33. The molecule has 0 bridgehead atoms. The lowest BCUT2D eigenvalue weighted by Crippen LogP contribution is -2.36. The number of carbonyl (C=O) groups is 4. The van der Waals surface area contributed by atoms with Gasteiger partial charge in [0.1, 0.15) is 17.9 Å². The SMILES string of the molecule is O=C(CN1C(=O)S/C(=C/c2ccccc2Cl)C1=O)Nc1ccc(C(=O)O)c(O)c1. The maximum absolute atomic E-state index is 12.5. The Labute approximate surface area is 173 Å². The van der Waals surface area contributed by atoms with Crippen molar-refractivity contribution in [2.24, 2.45) is 0 Å². The fourth-order valence-corrected chi connectivity index (χ4v) is 3.52. The number of carboxylic acid groups (broad SMARTS) is 1. The number of aromatic carboxylic acids is 1. The summed E-state index contributed by atoms with van der Waals surface area (Å²) in [5.41, 5.74) is 0.368. The molecule has 0 radical (unpaired) electrons. The highest BCUT2D eigenvalue weighted by molar-refractivity contribution is 8.18. The molecule has 3 rings (SSSR count). The number of aromatic hydroxyl groups is 1. The zero-order valence-electron chi connectivity index (χ0n) is 14.6. The second-order valence-corrected chi connectivity index (χ2v) is 7.28. The number of halogens is 1. The molecule has 0 saturated carbocycles. The van der Waals surface area contributed by atoms with Gasteiger partial charge in [0.25, 0.3) is 11.1 Å². The summed E-state index contributed by atoms with van der Waals surface area (Å²) < 4.78 is 0. The molecular weight excluding hydrogens is 420 g/mol. The Morgan fingerprint density at radius 3 is 2.55 bits per heavy atom. The van der Waals surface area contributed by atoms with Gasteiger partial charge >= 0.3 is 5.97 Å². The van der Waals surface area contributed by atoms with Crippen LogP contribution in [0.1, 0.15) is 15.9 Å². The van der Waals surface area contributed by atoms with Gasteiger partial charge < -0.3 is 15.5 Å². The summed E-state index contributed by atoms with van der Waals surface area (Å²) in [6, 6.07) is 10.3. The van der Waals surface area contributed by atoms with Gasteiger partial charge in [-0.1, -0.05) is 29.8 Å². The Balaban J connectivity index is 1.70. The van der Waals surface area contributed by atoms with E-state index in [9.17, 15) is 24.3 Å². The van der Waals surface area contributed by atoms with Crippen LogP contribution in [0.3, 0.4) is 0 Å². The van der Waals surface area contributed by atoms with E-state index in [1.807, 2.05) is 0 Å². The number of hydrogen-bond acceptors (Lipinski definition) is 6. The summed E-state index contributed by atoms with van der Waals surface area (Å²) in [4.78, 5) is 48.6. The third kappa shape index (κ3) is 4.58. The lowest BCUT2D eigenvalue weighted by Gasteiger charge is -2.13. The van der Waals surface area contributed by atoms with Gasteiger partial charge in [-0.3, -0.25) is 19.3 Å². The number of imide groups is 1. The van der Waals surface area contributed by atoms with Crippen molar-refractivity contribution in [3.8, 4) is 5.75 Å². The van der Waals surface area contributed by atoms with E-state index in [0.29, 0.717) is 22.3 Å². The Bertz CT molecular complexity index is 1070. The normalized spacial score (nSPS) is 15.1. The number of benzene rings is 2. The standard InChI is InChI=1S/C19H13ClN2O6S/c20-13-4-2-1-3-10(13)7-15-17(25)22(19(28)29-15)9-16(24)21-11-5-6-12(18(26)27)14(23)8-11/h1-8,23H,9H2,(H,21,24)(H,26,27)/b15-7+. The van der Waals surface area contributed by atoms with Gasteiger partial charge in [0.15, 0.2) is 0 Å². The van der Waals surface area contributed by atoms with Crippen LogP contribution in [0.2, 0.25) is 5.02 Å². The van der Waals surface area contributed by atoms with Crippen LogP contribution in [0.4, 0.5) is 10.5 Å². The first-order chi connectivity index (χ1) is 13.8. The lowest BCUT2D eigenvalue weighted by molar-refractivity contribution is -0.127. The van der Waals surface area contributed by atoms with E-state index in [4.69, 9.17) is 16.7 Å². The number of rotatable bonds is 5. The molecule has 0 aromatic heterocycles. The van der Waals surface area contributed by atoms with Crippen LogP contribution < -0.4 is 5.32 Å². The zero-order valence-corrected chi connectivity index (χ0v) is 16.2. The highest BCUT2D eigenvalue weighted by atomic mass is 35.5. The lowest BCUT2D eigenvalue weighted by atomic mass is 10.2. The summed E-state index contributed by atoms with van der Waals surface area (Å²) in [7, 11) is 0. The molecule has 2 aromatic carbocycles. The molecule has 29 heavy (non-hydrogen) atoms. The van der Waals surface area contributed by atoms with E-state index in [0.717, 1.165) is 17.0 Å². The first kappa shape index (κ1) is 20.4. The summed E-state index contributed by atoms with van der Waals surface area (Å²) in [6.07, 6.45) is 1.48. The van der Waals surface area contributed by atoms with Crippen molar-refractivity contribution in [1.29, 1.82) is 0 Å². The van der Waals surface area contributed by atoms with Crippen LogP contribution in [0.5, 0.6) is 5.75 Å². The zero-order chi connectivity index (χ0) is 21.1. The molecule has 8 nitrogen and oxygen atoms in total. The molecule has 1 fully saturated rings. The Kier molecular flexibility index (Phi) is 5.90. The first-order valence-corrected chi connectivity index (χ1v) is 9.32. The van der Waals surface area contributed by atoms with Crippen molar-refractivity contribution < 1.29 is 29.4 Å². The fraction of sp³-hybridized carbons (Fsp3) is 0.0526. The number of anilines is 1. The number of phenols is 1. The Morgan fingerprint density at radius 2 is 1.90 bits per heavy atom. The van der Waals surface area contributed by atoms with Gasteiger partial charge in [0.2, 0.25) is 5.91 Å². The third-order valence-electron chi connectivity index (χ3n) is 3.88. The third-order valence-corrected chi connectivity index (χ3v) is 5.13. The molecule has 0 aliphatic carbocycles. The molecule has 1 saturated heterocycles. The van der Waals surface area contributed by atoms with E-state index in [1.54, 1.807) is 24.3 Å². The number of nitrogens with one attached hydrogen (secondary N) is 1. The van der Waals surface area contributed by atoms with Crippen LogP contribution in [-0.2, 0) is 9.59 Å². The molecule has 1 aliphatic heterocycles. The largest absolute Gasteiger partial charge is 0.507 e. The topological polar surface area (TPSA) is 124 Å². The number of carboxylic acids is 1. The quantitative estimate of drug-likeness (QED) is 0.618. The second kappa shape index (κ2) is 8.38. The first-order valence-electron chi connectivity index (χ1n) is 8.12. The second-order valence-electron chi connectivity index (χ2n) is 5.87. The monoisotopic (exact) mass is 432 g/mol. The minimum atomic E-state index is -1.32. The number of thioether (sulfide) groups is 1. The van der Waals surface area contributed by atoms with Crippen LogP contribution in [0, 0.1) is 0 Å². The van der Waals surface area contributed by atoms with Gasteiger partial charge in [-0.15, -0.1) is 0 Å². The van der Waals surface area contributed by atoms with Crippen LogP contribution in [0.15, 0.2) is 47.4 Å². The average molecular weight is 433 g/mol. The maximum atomic E-state index is 12.5. The van der Waals surface area contributed by atoms with Crippen LogP contribution in [-0.4, -0.2) is 44.7 Å². The van der Waals surface area contributed by atoms with Gasteiger partial charge in [0.05, 0.1) is 4.91 Å². The van der Waals surface area contributed by atoms with Crippen molar-refractivity contribution in [1.82, 2.24) is 4.90 Å². The fourth-order valence-electron chi connectivity index (χ4n) is 2.50. The number of amides is 3. The molecule has 2 aromatic rings. The van der Waals surface area contributed by atoms with E-state index < -0.39 is 35.3 Å². The molecule has 1 heterocycles. The Hall–Kier alpha value is -3.30. The van der Waals surface area contributed by atoms with Crippen molar-refractivity contribution in [2.45, 2.75) is 0 Å². The summed E-state index contributed by atoms with van der Waals surface area (Å²) in [6.45, 7) is -0.536. The Morgan fingerprint density at radius 1 is 1.17 bits per heavy atom. The molecule has 1 aliphatic rings. The average Bonchev–Trinajstić information content (AvgIpc) is 2.91. The summed E-state index contributed by atoms with van der Waals surface area (Å²) >= 11 is 6.75. The molecular formula is C19H13ClN2O6S. The molecule has 148 valence electrons. The summed E-state index contributed by atoms with van der Waals surface area (Å²) in [5.74, 6) is -3.15. The molecule has 3 amide bonds. The van der Waals surface area contributed by atoms with Gasteiger partial charge in [-0.25, -0.2) is 4.79 Å². The van der Waals surface area contributed by atoms with Crippen molar-refractivity contribution >= 4 is 58.1 Å². The minimum Gasteiger partial charge on any atom is -0.507 e. The van der Waals surface area contributed by atoms with Crippen molar-refractivity contribution in [3.63, 3.8) is 0 Å². The van der Waals surface area contributed by atoms with Gasteiger partial charge in [0, 0.05) is 16.8 Å². The smallest absolute Gasteiger partial charge is 0.339 e. The van der Waals surface area contributed by atoms with E-state index in [-0.39, 0.29) is 16.2 Å². The molecule has 3 N–H and O–H groups in total. The van der Waals surface area contributed by atoms with Gasteiger partial charge in [-0.05, 0) is 41.6 Å². The highest BCUT2D eigenvalue weighted by Gasteiger charge is 2.36. The predicted molar refractivity (Wildman–Crippen MR) is 108 cm³/mol. The maximum Gasteiger partial charge on any atom is 0.339 e. The van der Waals surface area contributed by atoms with E-state index in [2.05, 4.69) is 5.32 Å². The summed E-state index contributed by atoms with van der Waals surface area (Å²) in [5, 5.41) is 20.8. The number of nitrogens with zero attached hydrogens (tertiary/aromatic N) is 1. The molecule has 10 heteroatoms. The molecule has 0 unspecified atom stereocenters. The van der Waals surface area contributed by atoms with Gasteiger partial charge in [-0.2, -0.15) is 0 Å². The van der Waals surface area contributed by atoms with Crippen LogP contribution >= 0.6 is 23.4 Å². The number of carbonyl (C=O) groups excluding carboxylic acids is 3. The van der Waals surface area contributed by atoms with Crippen molar-refractivity contribution in [3.05, 3.63) is 63.5 Å². The predicted octanol–water partition coefficient (Wildman–Crippen LogP) is 3.42. The molecule has 0 atom stereocenters. The minimum absolute atomic E-state index is 0.121. The van der Waals surface area contributed by atoms with Crippen LogP contribution in [0.25, 0.3) is 6.08 Å². The number of hydrogen-bond donors (Lipinski definition) is 3. The van der Waals surface area contributed by atoms with E-state index >= 15 is 0 Å². The molecule has 0 spiro atoms. The van der Waals surface area contributed by atoms with E-state index in [1.165, 1.54) is 12.1 Å². The van der Waals surface area contributed by atoms with Crippen molar-refractivity contribution in [2.75, 3.05) is 11.9 Å².